The number of aromatic nitrogens is 3. The number of benzene rings is 1. The fourth-order valence-electron chi connectivity index (χ4n) is 2.24. The molecule has 136 valence electrons. The summed E-state index contributed by atoms with van der Waals surface area (Å²) in [6, 6.07) is 9.79. The van der Waals surface area contributed by atoms with Gasteiger partial charge in [-0.15, -0.1) is 5.10 Å². The number of halogens is 3. The van der Waals surface area contributed by atoms with Gasteiger partial charge in [-0.2, -0.15) is 22.7 Å². The van der Waals surface area contributed by atoms with E-state index in [9.17, 15) is 13.2 Å². The Morgan fingerprint density at radius 3 is 2.56 bits per heavy atom. The van der Waals surface area contributed by atoms with Gasteiger partial charge >= 0.3 is 6.18 Å². The maximum absolute atomic E-state index is 12.6. The number of aliphatic hydroxyl groups is 1. The lowest BCUT2D eigenvalue weighted by Crippen LogP contribution is -2.21. The highest BCUT2D eigenvalue weighted by atomic mass is 19.4. The molecule has 0 fully saturated rings. The molecule has 0 radical (unpaired) electrons. The van der Waals surface area contributed by atoms with Crippen LogP contribution in [0, 0.1) is 0 Å². The van der Waals surface area contributed by atoms with E-state index < -0.39 is 11.7 Å². The third-order valence-corrected chi connectivity index (χ3v) is 3.50. The molecule has 2 aromatic heterocycles. The van der Waals surface area contributed by atoms with E-state index in [0.29, 0.717) is 17.2 Å². The topological polar surface area (TPSA) is 74.5 Å². The average Bonchev–Trinajstić information content (AvgIpc) is 2.98. The summed E-state index contributed by atoms with van der Waals surface area (Å²) in [5.41, 5.74) is 0.289. The van der Waals surface area contributed by atoms with Crippen LogP contribution in [0.4, 0.5) is 30.6 Å². The summed E-state index contributed by atoms with van der Waals surface area (Å²) in [5, 5.41) is 19.4. The van der Waals surface area contributed by atoms with E-state index in [-0.39, 0.29) is 21.5 Å². The third-order valence-electron chi connectivity index (χ3n) is 3.50. The van der Waals surface area contributed by atoms with Gasteiger partial charge in [-0.25, -0.2) is 0 Å². The number of hydrogen-bond donors (Lipinski definition) is 3. The van der Waals surface area contributed by atoms with E-state index in [0.717, 1.165) is 12.1 Å². The lowest BCUT2D eigenvalue weighted by molar-refractivity contribution is -0.137. The first-order valence-corrected chi connectivity index (χ1v) is 7.54. The van der Waals surface area contributed by atoms with Crippen LogP contribution in [0.25, 0.3) is 5.65 Å². The Kier molecular flexibility index (Phi) is 4.49. The van der Waals surface area contributed by atoms with E-state index in [1.54, 1.807) is 22.7 Å². The van der Waals surface area contributed by atoms with Crippen LogP contribution in [0.5, 0.6) is 0 Å². The summed E-state index contributed by atoms with van der Waals surface area (Å²) in [7, 11) is 0. The number of aliphatic hydroxyl groups excluding tert-OH is 1. The number of nitrogens with zero attached hydrogens (tertiary/aromatic N) is 3. The van der Waals surface area contributed by atoms with Crippen LogP contribution in [-0.4, -0.2) is 32.4 Å². The third kappa shape index (κ3) is 3.82. The Hall–Kier alpha value is -2.81. The summed E-state index contributed by atoms with van der Waals surface area (Å²) in [5.74, 6) is 0.901. The SMILES string of the molecule is C[C@@H](CO)Nc1cccc2nc(Nc3ccc(C(F)(F)F)cc3)nn12.[HH].[HH]. The zero-order valence-corrected chi connectivity index (χ0v) is 13.2. The van der Waals surface area contributed by atoms with E-state index >= 15 is 0 Å². The molecule has 0 aliphatic carbocycles. The van der Waals surface area contributed by atoms with Gasteiger partial charge in [0.05, 0.1) is 12.2 Å². The molecule has 0 saturated carbocycles. The van der Waals surface area contributed by atoms with Gasteiger partial charge in [0.25, 0.3) is 0 Å². The Morgan fingerprint density at radius 1 is 1.20 bits per heavy atom. The molecule has 0 amide bonds. The maximum Gasteiger partial charge on any atom is 0.416 e. The number of nitrogens with one attached hydrogen (secondary N) is 2. The normalized spacial score (nSPS) is 13.0. The van der Waals surface area contributed by atoms with Crippen molar-refractivity contribution in [1.82, 2.24) is 14.6 Å². The molecule has 0 aliphatic rings. The molecule has 0 saturated heterocycles. The number of rotatable bonds is 5. The fraction of sp³-hybridized carbons (Fsp3) is 0.250. The number of pyridine rings is 1. The van der Waals surface area contributed by atoms with Crippen molar-refractivity contribution in [2.75, 3.05) is 17.2 Å². The summed E-state index contributed by atoms with van der Waals surface area (Å²) in [6.07, 6.45) is -4.37. The van der Waals surface area contributed by atoms with Crippen molar-refractivity contribution in [3.63, 3.8) is 0 Å². The largest absolute Gasteiger partial charge is 0.416 e. The molecule has 0 spiro atoms. The number of anilines is 3. The predicted molar refractivity (Wildman–Crippen MR) is 92.1 cm³/mol. The predicted octanol–water partition coefficient (Wildman–Crippen LogP) is 3.78. The van der Waals surface area contributed by atoms with Crippen molar-refractivity contribution < 1.29 is 21.1 Å². The van der Waals surface area contributed by atoms with Crippen LogP contribution in [0.1, 0.15) is 15.3 Å². The minimum absolute atomic E-state index is 0. The van der Waals surface area contributed by atoms with Gasteiger partial charge in [-0.05, 0) is 43.3 Å². The number of hydrogen-bond acceptors (Lipinski definition) is 5. The van der Waals surface area contributed by atoms with Gasteiger partial charge in [-0.3, -0.25) is 0 Å². The summed E-state index contributed by atoms with van der Waals surface area (Å²) in [4.78, 5) is 4.29. The van der Waals surface area contributed by atoms with Crippen molar-refractivity contribution in [3.8, 4) is 0 Å². The van der Waals surface area contributed by atoms with E-state index in [2.05, 4.69) is 20.7 Å². The first-order valence-electron chi connectivity index (χ1n) is 7.54. The van der Waals surface area contributed by atoms with Crippen LogP contribution < -0.4 is 10.6 Å². The van der Waals surface area contributed by atoms with Gasteiger partial charge in [-0.1, -0.05) is 6.07 Å². The van der Waals surface area contributed by atoms with Crippen LogP contribution in [-0.2, 0) is 6.18 Å². The lowest BCUT2D eigenvalue weighted by atomic mass is 10.2. The van der Waals surface area contributed by atoms with Crippen molar-refractivity contribution in [2.24, 2.45) is 0 Å². The van der Waals surface area contributed by atoms with Gasteiger partial charge in [0.2, 0.25) is 5.95 Å². The van der Waals surface area contributed by atoms with Crippen molar-refractivity contribution >= 4 is 23.1 Å². The monoisotopic (exact) mass is 355 g/mol. The van der Waals surface area contributed by atoms with Crippen LogP contribution in [0.15, 0.2) is 42.5 Å². The molecule has 3 aromatic rings. The summed E-state index contributed by atoms with van der Waals surface area (Å²) >= 11 is 0. The molecule has 0 bridgehead atoms. The van der Waals surface area contributed by atoms with Gasteiger partial charge in [0, 0.05) is 14.6 Å². The minimum atomic E-state index is -4.37. The standard InChI is InChI=1S/C16H16F3N5O.2H2/c1-10(9-25)20-13-3-2-4-14-22-15(23-24(13)14)21-12-7-5-11(6-8-12)16(17,18)19;;/h2-8,10,20,25H,9H2,1H3,(H,21,23);2*1H/t10-;;/m0../s1. The van der Waals surface area contributed by atoms with Gasteiger partial charge in [0.1, 0.15) is 5.82 Å². The highest BCUT2D eigenvalue weighted by molar-refractivity contribution is 5.58. The van der Waals surface area contributed by atoms with E-state index in [1.807, 2.05) is 6.92 Å². The quantitative estimate of drug-likeness (QED) is 0.650. The second-order valence-corrected chi connectivity index (χ2v) is 5.54. The Bertz CT molecular complexity index is 871. The van der Waals surface area contributed by atoms with Crippen LogP contribution >= 0.6 is 0 Å². The molecule has 6 nitrogen and oxygen atoms in total. The number of alkyl halides is 3. The van der Waals surface area contributed by atoms with Crippen molar-refractivity contribution in [3.05, 3.63) is 48.0 Å². The number of fused-ring (bicyclic) bond motifs is 1. The summed E-state index contributed by atoms with van der Waals surface area (Å²) in [6.45, 7) is 1.78. The van der Waals surface area contributed by atoms with Crippen LogP contribution in [0.3, 0.4) is 0 Å². The molecular formula is C16H20F3N5O. The lowest BCUT2D eigenvalue weighted by Gasteiger charge is -2.12. The van der Waals surface area contributed by atoms with Gasteiger partial charge in [0.15, 0.2) is 5.65 Å². The van der Waals surface area contributed by atoms with Crippen molar-refractivity contribution in [2.45, 2.75) is 19.1 Å². The average molecular weight is 355 g/mol. The second kappa shape index (κ2) is 6.60. The molecule has 25 heavy (non-hydrogen) atoms. The maximum atomic E-state index is 12.6. The molecule has 9 heteroatoms. The highest BCUT2D eigenvalue weighted by Crippen LogP contribution is 2.30. The smallest absolute Gasteiger partial charge is 0.394 e. The Morgan fingerprint density at radius 2 is 1.92 bits per heavy atom. The molecule has 0 unspecified atom stereocenters. The Balaban J connectivity index is 0.00000182. The zero-order chi connectivity index (χ0) is 18.0. The molecule has 0 aliphatic heterocycles. The molecule has 1 atom stereocenters. The highest BCUT2D eigenvalue weighted by Gasteiger charge is 2.29. The van der Waals surface area contributed by atoms with Crippen molar-refractivity contribution in [1.29, 1.82) is 0 Å². The molecular weight excluding hydrogens is 335 g/mol. The minimum Gasteiger partial charge on any atom is -0.394 e. The Labute approximate surface area is 144 Å². The first kappa shape index (κ1) is 17.0. The fourth-order valence-corrected chi connectivity index (χ4v) is 2.24. The van der Waals surface area contributed by atoms with Crippen LogP contribution in [0.2, 0.25) is 0 Å². The van der Waals surface area contributed by atoms with E-state index in [1.165, 1.54) is 12.1 Å². The van der Waals surface area contributed by atoms with Gasteiger partial charge < -0.3 is 15.7 Å². The summed E-state index contributed by atoms with van der Waals surface area (Å²) < 4.78 is 39.3. The van der Waals surface area contributed by atoms with E-state index in [4.69, 9.17) is 5.11 Å². The molecule has 2 heterocycles. The molecule has 1 aromatic carbocycles. The molecule has 3 N–H and O–H groups in total. The first-order chi connectivity index (χ1) is 11.9. The molecule has 3 rings (SSSR count). The second-order valence-electron chi connectivity index (χ2n) is 5.54. The zero-order valence-electron chi connectivity index (χ0n) is 13.2.